The first-order chi connectivity index (χ1) is 11.0. The number of rotatable bonds is 7. The quantitative estimate of drug-likeness (QED) is 0.665. The highest BCUT2D eigenvalue weighted by Gasteiger charge is 2.29. The Hall–Kier alpha value is -0.950. The lowest BCUT2D eigenvalue weighted by atomic mass is 10.1. The van der Waals surface area contributed by atoms with E-state index in [1.807, 2.05) is 6.07 Å². The predicted molar refractivity (Wildman–Crippen MR) is 102 cm³/mol. The van der Waals surface area contributed by atoms with Crippen LogP contribution in [0.3, 0.4) is 0 Å². The number of nitrogens with two attached hydrogens (primary N) is 1. The van der Waals surface area contributed by atoms with Crippen molar-refractivity contribution in [1.29, 1.82) is 0 Å². The molecular formula is C16H23Cl2N3O2S. The second kappa shape index (κ2) is 10.1. The number of fused-ring (bicyclic) bond motifs is 1. The molecule has 1 aromatic carbocycles. The molecule has 1 heterocycles. The van der Waals surface area contributed by atoms with Gasteiger partial charge in [0.1, 0.15) is 0 Å². The molecule has 0 spiro atoms. The molecule has 2 atom stereocenters. The van der Waals surface area contributed by atoms with Gasteiger partial charge in [-0.1, -0.05) is 31.4 Å². The monoisotopic (exact) mass is 391 g/mol. The second-order valence-electron chi connectivity index (χ2n) is 5.58. The van der Waals surface area contributed by atoms with Gasteiger partial charge in [0.2, 0.25) is 11.8 Å². The summed E-state index contributed by atoms with van der Waals surface area (Å²) in [6.07, 6.45) is 3.09. The SMILES string of the molecule is CCCCC(CN)NC(=O)CC1Sc2ccc(Cl)cc2NC1=O.Cl. The summed E-state index contributed by atoms with van der Waals surface area (Å²) in [4.78, 5) is 25.2. The Morgan fingerprint density at radius 1 is 1.50 bits per heavy atom. The van der Waals surface area contributed by atoms with Crippen LogP contribution >= 0.6 is 35.8 Å². The third kappa shape index (κ3) is 5.84. The average Bonchev–Trinajstić information content (AvgIpc) is 2.52. The molecule has 24 heavy (non-hydrogen) atoms. The standard InChI is InChI=1S/C16H22ClN3O2S.ClH/c1-2-3-4-11(9-18)19-15(21)8-14-16(22)20-12-7-10(17)5-6-13(12)23-14;/h5-7,11,14H,2-4,8-9,18H2,1H3,(H,19,21)(H,20,22);1H. The number of carbonyl (C=O) groups is 2. The molecule has 2 amide bonds. The molecule has 2 unspecified atom stereocenters. The zero-order valence-electron chi connectivity index (χ0n) is 13.5. The van der Waals surface area contributed by atoms with Crippen LogP contribution in [0.15, 0.2) is 23.1 Å². The fourth-order valence-electron chi connectivity index (χ4n) is 2.41. The maximum absolute atomic E-state index is 12.2. The van der Waals surface area contributed by atoms with Crippen molar-refractivity contribution in [3.63, 3.8) is 0 Å². The summed E-state index contributed by atoms with van der Waals surface area (Å²) in [5, 5.41) is 5.87. The van der Waals surface area contributed by atoms with Gasteiger partial charge in [-0.2, -0.15) is 0 Å². The van der Waals surface area contributed by atoms with Gasteiger partial charge < -0.3 is 16.4 Å². The number of nitrogens with one attached hydrogen (secondary N) is 2. The molecule has 0 saturated heterocycles. The molecule has 5 nitrogen and oxygen atoms in total. The summed E-state index contributed by atoms with van der Waals surface area (Å²) in [5.41, 5.74) is 6.39. The van der Waals surface area contributed by atoms with Crippen molar-refractivity contribution in [2.45, 2.75) is 48.8 Å². The Morgan fingerprint density at radius 2 is 2.25 bits per heavy atom. The molecule has 0 fully saturated rings. The Labute approximate surface area is 157 Å². The Morgan fingerprint density at radius 3 is 2.92 bits per heavy atom. The Balaban J connectivity index is 0.00000288. The van der Waals surface area contributed by atoms with Gasteiger partial charge in [-0.15, -0.1) is 24.2 Å². The van der Waals surface area contributed by atoms with Gasteiger partial charge in [0.15, 0.2) is 0 Å². The molecule has 1 aromatic rings. The molecule has 1 aliphatic heterocycles. The van der Waals surface area contributed by atoms with Gasteiger partial charge in [0, 0.05) is 28.9 Å². The minimum atomic E-state index is -0.437. The smallest absolute Gasteiger partial charge is 0.238 e. The zero-order chi connectivity index (χ0) is 16.8. The van der Waals surface area contributed by atoms with Crippen LogP contribution in [0.1, 0.15) is 32.6 Å². The van der Waals surface area contributed by atoms with E-state index in [0.29, 0.717) is 17.3 Å². The summed E-state index contributed by atoms with van der Waals surface area (Å²) in [6, 6.07) is 5.33. The van der Waals surface area contributed by atoms with Crippen LogP contribution in [-0.2, 0) is 9.59 Å². The molecule has 1 aliphatic rings. The van der Waals surface area contributed by atoms with Gasteiger partial charge in [-0.25, -0.2) is 0 Å². The summed E-state index contributed by atoms with van der Waals surface area (Å²) in [7, 11) is 0. The highest BCUT2D eigenvalue weighted by Crippen LogP contribution is 2.38. The number of hydrogen-bond acceptors (Lipinski definition) is 4. The van der Waals surface area contributed by atoms with Gasteiger partial charge in [-0.3, -0.25) is 9.59 Å². The molecule has 4 N–H and O–H groups in total. The van der Waals surface area contributed by atoms with Gasteiger partial charge in [-0.05, 0) is 24.6 Å². The lowest BCUT2D eigenvalue weighted by Gasteiger charge is -2.24. The molecule has 0 radical (unpaired) electrons. The van der Waals surface area contributed by atoms with Crippen LogP contribution in [0.5, 0.6) is 0 Å². The van der Waals surface area contributed by atoms with E-state index in [1.165, 1.54) is 11.8 Å². The van der Waals surface area contributed by atoms with Crippen molar-refractivity contribution in [2.24, 2.45) is 5.73 Å². The lowest BCUT2D eigenvalue weighted by molar-refractivity contribution is -0.124. The van der Waals surface area contributed by atoms with E-state index in [-0.39, 0.29) is 36.7 Å². The molecule has 134 valence electrons. The fourth-order valence-corrected chi connectivity index (χ4v) is 3.67. The first-order valence-corrected chi connectivity index (χ1v) is 9.05. The molecule has 0 aromatic heterocycles. The van der Waals surface area contributed by atoms with Crippen molar-refractivity contribution in [3.05, 3.63) is 23.2 Å². The Kier molecular flexibility index (Phi) is 8.91. The second-order valence-corrected chi connectivity index (χ2v) is 7.26. The van der Waals surface area contributed by atoms with E-state index in [1.54, 1.807) is 12.1 Å². The van der Waals surface area contributed by atoms with Crippen LogP contribution in [-0.4, -0.2) is 29.7 Å². The predicted octanol–water partition coefficient (Wildman–Crippen LogP) is 3.20. The first-order valence-electron chi connectivity index (χ1n) is 7.80. The first kappa shape index (κ1) is 21.1. The van der Waals surface area contributed by atoms with Crippen LogP contribution in [0.4, 0.5) is 5.69 Å². The van der Waals surface area contributed by atoms with Crippen molar-refractivity contribution >= 4 is 53.3 Å². The summed E-state index contributed by atoms with van der Waals surface area (Å²) in [5.74, 6) is -0.306. The van der Waals surface area contributed by atoms with E-state index in [4.69, 9.17) is 17.3 Å². The number of anilines is 1. The van der Waals surface area contributed by atoms with Crippen molar-refractivity contribution in [1.82, 2.24) is 5.32 Å². The van der Waals surface area contributed by atoms with E-state index < -0.39 is 5.25 Å². The minimum Gasteiger partial charge on any atom is -0.352 e. The third-order valence-electron chi connectivity index (χ3n) is 3.69. The average molecular weight is 392 g/mol. The topological polar surface area (TPSA) is 84.2 Å². The molecule has 0 aliphatic carbocycles. The molecule has 2 rings (SSSR count). The minimum absolute atomic E-state index is 0. The number of benzene rings is 1. The highest BCUT2D eigenvalue weighted by atomic mass is 35.5. The van der Waals surface area contributed by atoms with E-state index in [9.17, 15) is 9.59 Å². The van der Waals surface area contributed by atoms with Crippen LogP contribution in [0.2, 0.25) is 5.02 Å². The van der Waals surface area contributed by atoms with Gasteiger partial charge in [0.25, 0.3) is 0 Å². The van der Waals surface area contributed by atoms with Gasteiger partial charge >= 0.3 is 0 Å². The number of amides is 2. The van der Waals surface area contributed by atoms with E-state index >= 15 is 0 Å². The fraction of sp³-hybridized carbons (Fsp3) is 0.500. The summed E-state index contributed by atoms with van der Waals surface area (Å²) >= 11 is 7.32. The number of hydrogen-bond donors (Lipinski definition) is 3. The summed E-state index contributed by atoms with van der Waals surface area (Å²) < 4.78 is 0. The summed E-state index contributed by atoms with van der Waals surface area (Å²) in [6.45, 7) is 2.51. The molecule has 8 heteroatoms. The van der Waals surface area contributed by atoms with Crippen molar-refractivity contribution in [2.75, 3.05) is 11.9 Å². The maximum Gasteiger partial charge on any atom is 0.238 e. The number of carbonyl (C=O) groups excluding carboxylic acids is 2. The van der Waals surface area contributed by atoms with Crippen molar-refractivity contribution in [3.8, 4) is 0 Å². The third-order valence-corrected chi connectivity index (χ3v) is 5.20. The zero-order valence-corrected chi connectivity index (χ0v) is 15.9. The van der Waals surface area contributed by atoms with Crippen molar-refractivity contribution < 1.29 is 9.59 Å². The molecule has 0 saturated carbocycles. The van der Waals surface area contributed by atoms with Crippen LogP contribution in [0, 0.1) is 0 Å². The molecule has 0 bridgehead atoms. The normalized spacial score (nSPS) is 17.3. The highest BCUT2D eigenvalue weighted by molar-refractivity contribution is 8.01. The maximum atomic E-state index is 12.2. The van der Waals surface area contributed by atoms with Crippen LogP contribution in [0.25, 0.3) is 0 Å². The number of halogens is 2. The van der Waals surface area contributed by atoms with Crippen LogP contribution < -0.4 is 16.4 Å². The molecular weight excluding hydrogens is 369 g/mol. The number of unbranched alkanes of at least 4 members (excludes halogenated alkanes) is 1. The Bertz CT molecular complexity index is 586. The number of thioether (sulfide) groups is 1. The van der Waals surface area contributed by atoms with E-state index in [2.05, 4.69) is 17.6 Å². The van der Waals surface area contributed by atoms with E-state index in [0.717, 1.165) is 24.2 Å². The lowest BCUT2D eigenvalue weighted by Crippen LogP contribution is -2.42. The van der Waals surface area contributed by atoms with Gasteiger partial charge in [0.05, 0.1) is 10.9 Å². The largest absolute Gasteiger partial charge is 0.352 e.